The van der Waals surface area contributed by atoms with Gasteiger partial charge in [-0.3, -0.25) is 25.2 Å². The number of nitrogens with zero attached hydrogens (tertiary/aromatic N) is 1. The molecule has 3 aromatic rings. The number of amides is 3. The van der Waals surface area contributed by atoms with Crippen molar-refractivity contribution < 1.29 is 14.4 Å². The maximum absolute atomic E-state index is 12.7. The number of nitrogens with one attached hydrogen (secondary N) is 3. The highest BCUT2D eigenvalue weighted by Crippen LogP contribution is 2.20. The topological polar surface area (TPSA) is 94.3 Å². The van der Waals surface area contributed by atoms with Crippen molar-refractivity contribution in [2.75, 3.05) is 13.1 Å². The van der Waals surface area contributed by atoms with Gasteiger partial charge in [0.2, 0.25) is 11.8 Å². The number of benzene rings is 2. The van der Waals surface area contributed by atoms with Gasteiger partial charge in [-0.15, -0.1) is 0 Å². The summed E-state index contributed by atoms with van der Waals surface area (Å²) in [6.07, 6.45) is 3.33. The van der Waals surface area contributed by atoms with Crippen molar-refractivity contribution >= 4 is 40.2 Å². The Hall–Kier alpha value is -3.32. The number of aromatic nitrogens is 1. The van der Waals surface area contributed by atoms with E-state index >= 15 is 0 Å². The van der Waals surface area contributed by atoms with Crippen molar-refractivity contribution in [1.82, 2.24) is 20.7 Å². The Morgan fingerprint density at radius 1 is 1.06 bits per heavy atom. The minimum absolute atomic E-state index is 0.127. The van der Waals surface area contributed by atoms with E-state index in [2.05, 4.69) is 15.8 Å². The molecule has 4 rings (SSSR count). The van der Waals surface area contributed by atoms with E-state index in [9.17, 15) is 14.4 Å². The average molecular weight is 439 g/mol. The van der Waals surface area contributed by atoms with Crippen LogP contribution in [-0.4, -0.2) is 40.7 Å². The molecule has 3 N–H and O–H groups in total. The number of hydrazine groups is 1. The second-order valence-corrected chi connectivity index (χ2v) is 8.11. The number of piperidine rings is 1. The molecule has 0 radical (unpaired) electrons. The van der Waals surface area contributed by atoms with E-state index in [0.717, 1.165) is 22.9 Å². The number of halogens is 1. The average Bonchev–Trinajstić information content (AvgIpc) is 3.20. The molecule has 2 aromatic carbocycles. The fourth-order valence-corrected chi connectivity index (χ4v) is 4.01. The Balaban J connectivity index is 1.30. The Morgan fingerprint density at radius 2 is 1.84 bits per heavy atom. The van der Waals surface area contributed by atoms with Crippen LogP contribution in [0.4, 0.5) is 0 Å². The van der Waals surface area contributed by atoms with Crippen LogP contribution in [0, 0.1) is 5.92 Å². The largest absolute Gasteiger partial charge is 0.361 e. The van der Waals surface area contributed by atoms with Gasteiger partial charge in [0.05, 0.1) is 12.3 Å². The smallest absolute Gasteiger partial charge is 0.253 e. The molecule has 31 heavy (non-hydrogen) atoms. The zero-order chi connectivity index (χ0) is 21.8. The monoisotopic (exact) mass is 438 g/mol. The lowest BCUT2D eigenvalue weighted by Gasteiger charge is -2.32. The Kier molecular flexibility index (Phi) is 6.23. The van der Waals surface area contributed by atoms with Crippen LogP contribution in [0.25, 0.3) is 10.9 Å². The summed E-state index contributed by atoms with van der Waals surface area (Å²) in [5, 5.41) is 1.54. The number of fused-ring (bicyclic) bond motifs is 1. The number of carbonyl (C=O) groups excluding carboxylic acids is 3. The van der Waals surface area contributed by atoms with Gasteiger partial charge in [0, 0.05) is 40.8 Å². The molecule has 7 nitrogen and oxygen atoms in total. The number of carbonyl (C=O) groups is 3. The van der Waals surface area contributed by atoms with E-state index in [1.807, 2.05) is 24.3 Å². The van der Waals surface area contributed by atoms with E-state index in [1.54, 1.807) is 35.4 Å². The number of likely N-dealkylation sites (tertiary alicyclic amines) is 1. The van der Waals surface area contributed by atoms with E-state index in [4.69, 9.17) is 11.6 Å². The number of hydrogen-bond donors (Lipinski definition) is 3. The van der Waals surface area contributed by atoms with E-state index in [1.165, 1.54) is 0 Å². The van der Waals surface area contributed by atoms with Crippen molar-refractivity contribution in [3.05, 3.63) is 70.9 Å². The third-order valence-corrected chi connectivity index (χ3v) is 5.77. The maximum Gasteiger partial charge on any atom is 0.253 e. The summed E-state index contributed by atoms with van der Waals surface area (Å²) < 4.78 is 0. The van der Waals surface area contributed by atoms with E-state index in [0.29, 0.717) is 30.1 Å². The highest BCUT2D eigenvalue weighted by molar-refractivity contribution is 6.30. The third kappa shape index (κ3) is 4.88. The summed E-state index contributed by atoms with van der Waals surface area (Å²) in [6.45, 7) is 0.907. The molecule has 1 unspecified atom stereocenters. The Labute approximate surface area is 184 Å². The number of para-hydroxylation sites is 1. The molecule has 0 aliphatic carbocycles. The zero-order valence-electron chi connectivity index (χ0n) is 16.9. The van der Waals surface area contributed by atoms with Crippen LogP contribution in [0.2, 0.25) is 5.02 Å². The minimum atomic E-state index is -0.376. The highest BCUT2D eigenvalue weighted by atomic mass is 35.5. The zero-order valence-corrected chi connectivity index (χ0v) is 17.6. The van der Waals surface area contributed by atoms with Crippen LogP contribution in [0.5, 0.6) is 0 Å². The van der Waals surface area contributed by atoms with Crippen LogP contribution in [0.1, 0.15) is 28.8 Å². The molecule has 1 fully saturated rings. The molecule has 160 valence electrons. The lowest BCUT2D eigenvalue weighted by atomic mass is 9.96. The van der Waals surface area contributed by atoms with Gasteiger partial charge in [0.25, 0.3) is 5.91 Å². The third-order valence-electron chi connectivity index (χ3n) is 5.52. The molecule has 8 heteroatoms. The molecular weight excluding hydrogens is 416 g/mol. The molecule has 1 aromatic heterocycles. The molecular formula is C23H23ClN4O3. The van der Waals surface area contributed by atoms with Gasteiger partial charge in [-0.2, -0.15) is 0 Å². The van der Waals surface area contributed by atoms with Gasteiger partial charge >= 0.3 is 0 Å². The summed E-state index contributed by atoms with van der Waals surface area (Å²) in [7, 11) is 0. The van der Waals surface area contributed by atoms with Gasteiger partial charge in [-0.1, -0.05) is 29.8 Å². The first kappa shape index (κ1) is 20.9. The molecule has 1 atom stereocenters. The Bertz CT molecular complexity index is 1110. The summed E-state index contributed by atoms with van der Waals surface area (Å²) in [6, 6.07) is 14.4. The molecule has 3 amide bonds. The molecule has 1 saturated heterocycles. The molecule has 1 aliphatic heterocycles. The molecule has 0 saturated carbocycles. The second-order valence-electron chi connectivity index (χ2n) is 7.67. The van der Waals surface area contributed by atoms with Crippen LogP contribution < -0.4 is 10.9 Å². The summed E-state index contributed by atoms with van der Waals surface area (Å²) in [4.78, 5) is 42.4. The van der Waals surface area contributed by atoms with E-state index < -0.39 is 0 Å². The van der Waals surface area contributed by atoms with Crippen LogP contribution in [-0.2, 0) is 16.0 Å². The highest BCUT2D eigenvalue weighted by Gasteiger charge is 2.29. The Morgan fingerprint density at radius 3 is 2.65 bits per heavy atom. The first-order valence-electron chi connectivity index (χ1n) is 10.2. The van der Waals surface area contributed by atoms with Crippen LogP contribution in [0.3, 0.4) is 0 Å². The summed E-state index contributed by atoms with van der Waals surface area (Å²) >= 11 is 5.89. The van der Waals surface area contributed by atoms with Crippen molar-refractivity contribution in [3.63, 3.8) is 0 Å². The lowest BCUT2D eigenvalue weighted by Crippen LogP contribution is -2.50. The fraction of sp³-hybridized carbons (Fsp3) is 0.261. The standard InChI is InChI=1S/C23H23ClN4O3/c24-18-9-7-15(8-10-18)23(31)28-11-3-4-16(14-28)22(30)27-26-21(29)12-17-13-25-20-6-2-1-5-19(17)20/h1-2,5-10,13,16,25H,3-4,11-12,14H2,(H,26,29)(H,27,30). The van der Waals surface area contributed by atoms with Gasteiger partial charge in [0.1, 0.15) is 0 Å². The van der Waals surface area contributed by atoms with Gasteiger partial charge < -0.3 is 9.88 Å². The number of rotatable bonds is 4. The predicted molar refractivity (Wildman–Crippen MR) is 118 cm³/mol. The van der Waals surface area contributed by atoms with Gasteiger partial charge in [0.15, 0.2) is 0 Å². The quantitative estimate of drug-likeness (QED) is 0.546. The first-order chi connectivity index (χ1) is 15.0. The fourth-order valence-electron chi connectivity index (χ4n) is 3.88. The summed E-state index contributed by atoms with van der Waals surface area (Å²) in [5.74, 6) is -1.10. The normalized spacial score (nSPS) is 16.2. The summed E-state index contributed by atoms with van der Waals surface area (Å²) in [5.41, 5.74) is 7.37. The molecule has 0 spiro atoms. The van der Waals surface area contributed by atoms with Crippen LogP contribution in [0.15, 0.2) is 54.7 Å². The van der Waals surface area contributed by atoms with Gasteiger partial charge in [-0.25, -0.2) is 0 Å². The second kappa shape index (κ2) is 9.22. The van der Waals surface area contributed by atoms with Crippen molar-refractivity contribution in [2.45, 2.75) is 19.3 Å². The molecule has 1 aliphatic rings. The number of aromatic amines is 1. The minimum Gasteiger partial charge on any atom is -0.361 e. The molecule has 0 bridgehead atoms. The maximum atomic E-state index is 12.7. The SMILES string of the molecule is O=C(Cc1c[nH]c2ccccc12)NNC(=O)C1CCCN(C(=O)c2ccc(Cl)cc2)C1. The number of H-pyrrole nitrogens is 1. The van der Waals surface area contributed by atoms with E-state index in [-0.39, 0.29) is 30.1 Å². The van der Waals surface area contributed by atoms with Crippen molar-refractivity contribution in [3.8, 4) is 0 Å². The van der Waals surface area contributed by atoms with Gasteiger partial charge in [-0.05, 0) is 48.7 Å². The first-order valence-corrected chi connectivity index (χ1v) is 10.6. The number of hydrogen-bond acceptors (Lipinski definition) is 3. The molecule has 2 heterocycles. The van der Waals surface area contributed by atoms with Crippen molar-refractivity contribution in [1.29, 1.82) is 0 Å². The van der Waals surface area contributed by atoms with Crippen molar-refractivity contribution in [2.24, 2.45) is 5.92 Å². The predicted octanol–water partition coefficient (Wildman–Crippen LogP) is 3.06. The lowest BCUT2D eigenvalue weighted by molar-refractivity contribution is -0.131. The van der Waals surface area contributed by atoms with Crippen LogP contribution >= 0.6 is 11.6 Å².